The molecular formula is C15H27N5. The van der Waals surface area contributed by atoms with Crippen LogP contribution in [0.5, 0.6) is 0 Å². The molecule has 2 rings (SSSR count). The second-order valence-corrected chi connectivity index (χ2v) is 6.29. The van der Waals surface area contributed by atoms with E-state index in [1.54, 1.807) is 6.33 Å². The number of nitrogens with one attached hydrogen (secondary N) is 2. The molecule has 1 heterocycles. The molecule has 0 atom stereocenters. The van der Waals surface area contributed by atoms with E-state index < -0.39 is 0 Å². The van der Waals surface area contributed by atoms with Crippen LogP contribution in [0, 0.1) is 11.8 Å². The van der Waals surface area contributed by atoms with Gasteiger partial charge in [-0.2, -0.15) is 0 Å². The monoisotopic (exact) mass is 277 g/mol. The van der Waals surface area contributed by atoms with Crippen molar-refractivity contribution in [2.45, 2.75) is 52.4 Å². The SMILES string of the molecule is CC1CCC(CNc2ncnc(NN)c2C(C)C)CC1. The van der Waals surface area contributed by atoms with Crippen molar-refractivity contribution in [3.05, 3.63) is 11.9 Å². The van der Waals surface area contributed by atoms with Crippen LogP contribution in [0.3, 0.4) is 0 Å². The third kappa shape index (κ3) is 3.60. The Balaban J connectivity index is 2.02. The summed E-state index contributed by atoms with van der Waals surface area (Å²) in [5.41, 5.74) is 3.74. The molecule has 20 heavy (non-hydrogen) atoms. The summed E-state index contributed by atoms with van der Waals surface area (Å²) in [6.45, 7) is 7.61. The van der Waals surface area contributed by atoms with Crippen molar-refractivity contribution < 1.29 is 0 Å². The van der Waals surface area contributed by atoms with Crippen LogP contribution in [-0.4, -0.2) is 16.5 Å². The van der Waals surface area contributed by atoms with E-state index in [1.807, 2.05) is 0 Å². The molecule has 1 aromatic heterocycles. The van der Waals surface area contributed by atoms with E-state index in [2.05, 4.69) is 41.5 Å². The highest BCUT2D eigenvalue weighted by Gasteiger charge is 2.19. The summed E-state index contributed by atoms with van der Waals surface area (Å²) in [7, 11) is 0. The number of nitrogen functional groups attached to an aromatic ring is 1. The van der Waals surface area contributed by atoms with E-state index in [0.29, 0.717) is 5.92 Å². The molecule has 5 heteroatoms. The number of hydrogen-bond donors (Lipinski definition) is 3. The quantitative estimate of drug-likeness (QED) is 0.569. The Morgan fingerprint density at radius 1 is 1.20 bits per heavy atom. The molecule has 4 N–H and O–H groups in total. The van der Waals surface area contributed by atoms with Gasteiger partial charge in [-0.25, -0.2) is 15.8 Å². The third-order valence-corrected chi connectivity index (χ3v) is 4.29. The van der Waals surface area contributed by atoms with Gasteiger partial charge in [-0.3, -0.25) is 0 Å². The highest BCUT2D eigenvalue weighted by molar-refractivity contribution is 5.58. The molecule has 1 aliphatic rings. The highest BCUT2D eigenvalue weighted by Crippen LogP contribution is 2.30. The van der Waals surface area contributed by atoms with E-state index in [-0.39, 0.29) is 0 Å². The first-order chi connectivity index (χ1) is 9.61. The maximum absolute atomic E-state index is 5.54. The van der Waals surface area contributed by atoms with Gasteiger partial charge in [-0.15, -0.1) is 0 Å². The summed E-state index contributed by atoms with van der Waals surface area (Å²) >= 11 is 0. The molecule has 1 saturated carbocycles. The van der Waals surface area contributed by atoms with Crippen molar-refractivity contribution in [2.75, 3.05) is 17.3 Å². The van der Waals surface area contributed by atoms with Gasteiger partial charge in [0.2, 0.25) is 0 Å². The number of nitrogens with zero attached hydrogens (tertiary/aromatic N) is 2. The summed E-state index contributed by atoms with van der Waals surface area (Å²) in [5, 5.41) is 3.51. The molecular weight excluding hydrogens is 250 g/mol. The third-order valence-electron chi connectivity index (χ3n) is 4.29. The Kier molecular flexibility index (Phi) is 5.17. The molecule has 1 aliphatic carbocycles. The van der Waals surface area contributed by atoms with Gasteiger partial charge in [0.15, 0.2) is 0 Å². The highest BCUT2D eigenvalue weighted by atomic mass is 15.3. The average molecular weight is 277 g/mol. The zero-order valence-electron chi connectivity index (χ0n) is 12.8. The molecule has 5 nitrogen and oxygen atoms in total. The van der Waals surface area contributed by atoms with Crippen LogP contribution in [-0.2, 0) is 0 Å². The Labute approximate surface area is 121 Å². The van der Waals surface area contributed by atoms with Crippen LogP contribution >= 0.6 is 0 Å². The van der Waals surface area contributed by atoms with Crippen LogP contribution in [0.15, 0.2) is 6.33 Å². The smallest absolute Gasteiger partial charge is 0.148 e. The van der Waals surface area contributed by atoms with Gasteiger partial charge in [0, 0.05) is 12.1 Å². The lowest BCUT2D eigenvalue weighted by atomic mass is 9.83. The maximum Gasteiger partial charge on any atom is 0.148 e. The second kappa shape index (κ2) is 6.88. The number of hydrazine groups is 1. The minimum absolute atomic E-state index is 0.330. The topological polar surface area (TPSA) is 75.9 Å². The van der Waals surface area contributed by atoms with Gasteiger partial charge in [0.05, 0.1) is 0 Å². The van der Waals surface area contributed by atoms with Crippen molar-refractivity contribution >= 4 is 11.6 Å². The van der Waals surface area contributed by atoms with Crippen molar-refractivity contribution in [1.29, 1.82) is 0 Å². The minimum atomic E-state index is 0.330. The maximum atomic E-state index is 5.54. The van der Waals surface area contributed by atoms with E-state index in [0.717, 1.165) is 35.6 Å². The molecule has 0 aromatic carbocycles. The predicted octanol–water partition coefficient (Wildman–Crippen LogP) is 3.12. The second-order valence-electron chi connectivity index (χ2n) is 6.29. The van der Waals surface area contributed by atoms with Gasteiger partial charge in [0.25, 0.3) is 0 Å². The van der Waals surface area contributed by atoms with Gasteiger partial charge >= 0.3 is 0 Å². The summed E-state index contributed by atoms with van der Waals surface area (Å²) < 4.78 is 0. The number of aromatic nitrogens is 2. The minimum Gasteiger partial charge on any atom is -0.369 e. The van der Waals surface area contributed by atoms with Gasteiger partial charge in [-0.1, -0.05) is 33.6 Å². The fourth-order valence-electron chi connectivity index (χ4n) is 2.97. The van der Waals surface area contributed by atoms with Crippen LogP contribution < -0.4 is 16.6 Å². The first-order valence-corrected chi connectivity index (χ1v) is 7.67. The van der Waals surface area contributed by atoms with Crippen LogP contribution in [0.2, 0.25) is 0 Å². The zero-order valence-corrected chi connectivity index (χ0v) is 12.8. The Morgan fingerprint density at radius 3 is 2.45 bits per heavy atom. The van der Waals surface area contributed by atoms with Crippen molar-refractivity contribution in [3.63, 3.8) is 0 Å². The molecule has 112 valence electrons. The summed E-state index contributed by atoms with van der Waals surface area (Å²) in [6.07, 6.45) is 6.90. The van der Waals surface area contributed by atoms with Crippen LogP contribution in [0.25, 0.3) is 0 Å². The van der Waals surface area contributed by atoms with E-state index in [9.17, 15) is 0 Å². The molecule has 0 aliphatic heterocycles. The Morgan fingerprint density at radius 2 is 1.85 bits per heavy atom. The van der Waals surface area contributed by atoms with Crippen LogP contribution in [0.1, 0.15) is 57.9 Å². The summed E-state index contributed by atoms with van der Waals surface area (Å²) in [5.74, 6) is 9.16. The average Bonchev–Trinajstić information content (AvgIpc) is 2.46. The van der Waals surface area contributed by atoms with Gasteiger partial charge < -0.3 is 10.7 Å². The molecule has 1 aromatic rings. The number of hydrogen-bond acceptors (Lipinski definition) is 5. The lowest BCUT2D eigenvalue weighted by Crippen LogP contribution is -2.22. The van der Waals surface area contributed by atoms with E-state index in [1.165, 1.54) is 25.7 Å². The molecule has 0 radical (unpaired) electrons. The van der Waals surface area contributed by atoms with E-state index in [4.69, 9.17) is 5.84 Å². The Hall–Kier alpha value is -1.36. The predicted molar refractivity (Wildman–Crippen MR) is 83.5 cm³/mol. The fraction of sp³-hybridized carbons (Fsp3) is 0.733. The normalized spacial score (nSPS) is 22.9. The van der Waals surface area contributed by atoms with Crippen LogP contribution in [0.4, 0.5) is 11.6 Å². The molecule has 1 fully saturated rings. The standard InChI is InChI=1S/C15H27N5/c1-10(2)13-14(18-9-19-15(13)20-16)17-8-12-6-4-11(3)5-7-12/h9-12H,4-8,16H2,1-3H3,(H2,17,18,19,20). The van der Waals surface area contributed by atoms with Crippen molar-refractivity contribution in [2.24, 2.45) is 17.7 Å². The Bertz CT molecular complexity index is 424. The van der Waals surface area contributed by atoms with E-state index >= 15 is 0 Å². The van der Waals surface area contributed by atoms with Gasteiger partial charge in [0.1, 0.15) is 18.0 Å². The largest absolute Gasteiger partial charge is 0.369 e. The van der Waals surface area contributed by atoms with Gasteiger partial charge in [-0.05, 0) is 30.6 Å². The number of rotatable bonds is 5. The molecule has 0 spiro atoms. The molecule has 0 bridgehead atoms. The van der Waals surface area contributed by atoms with Crippen molar-refractivity contribution in [1.82, 2.24) is 9.97 Å². The molecule has 0 amide bonds. The zero-order chi connectivity index (χ0) is 14.5. The first-order valence-electron chi connectivity index (χ1n) is 7.67. The lowest BCUT2D eigenvalue weighted by molar-refractivity contribution is 0.300. The number of anilines is 2. The molecule has 0 saturated heterocycles. The summed E-state index contributed by atoms with van der Waals surface area (Å²) in [4.78, 5) is 8.59. The fourth-order valence-corrected chi connectivity index (χ4v) is 2.97. The van der Waals surface area contributed by atoms with Crippen molar-refractivity contribution in [3.8, 4) is 0 Å². The molecule has 0 unspecified atom stereocenters. The first kappa shape index (κ1) is 15.0. The summed E-state index contributed by atoms with van der Waals surface area (Å²) in [6, 6.07) is 0. The number of nitrogens with two attached hydrogens (primary N) is 1. The lowest BCUT2D eigenvalue weighted by Gasteiger charge is -2.27.